The minimum atomic E-state index is -0.342. The SMILES string of the molecule is CCOc1cc(N)cc(N2CCC(C)(C(=O)NC)C2)c1. The van der Waals surface area contributed by atoms with Gasteiger partial charge >= 0.3 is 0 Å². The Hall–Kier alpha value is -1.91. The topological polar surface area (TPSA) is 67.6 Å². The van der Waals surface area contributed by atoms with Crippen LogP contribution in [0.25, 0.3) is 0 Å². The molecule has 5 heteroatoms. The monoisotopic (exact) mass is 277 g/mol. The number of amides is 1. The summed E-state index contributed by atoms with van der Waals surface area (Å²) >= 11 is 0. The van der Waals surface area contributed by atoms with Crippen LogP contribution in [0.5, 0.6) is 5.75 Å². The quantitative estimate of drug-likeness (QED) is 0.821. The molecule has 2 rings (SSSR count). The van der Waals surface area contributed by atoms with E-state index >= 15 is 0 Å². The number of rotatable bonds is 4. The van der Waals surface area contributed by atoms with Gasteiger partial charge in [-0.2, -0.15) is 0 Å². The highest BCUT2D eigenvalue weighted by Crippen LogP contribution is 2.35. The van der Waals surface area contributed by atoms with Gasteiger partial charge in [0.2, 0.25) is 5.91 Å². The van der Waals surface area contributed by atoms with E-state index in [1.807, 2.05) is 32.0 Å². The van der Waals surface area contributed by atoms with Crippen molar-refractivity contribution in [3.63, 3.8) is 0 Å². The summed E-state index contributed by atoms with van der Waals surface area (Å²) in [5, 5.41) is 2.75. The number of anilines is 2. The van der Waals surface area contributed by atoms with Crippen molar-refractivity contribution in [2.24, 2.45) is 5.41 Å². The molecule has 110 valence electrons. The van der Waals surface area contributed by atoms with Crippen molar-refractivity contribution >= 4 is 17.3 Å². The van der Waals surface area contributed by atoms with Crippen LogP contribution in [0, 0.1) is 5.41 Å². The lowest BCUT2D eigenvalue weighted by Crippen LogP contribution is -2.39. The van der Waals surface area contributed by atoms with Gasteiger partial charge in [0.05, 0.1) is 12.0 Å². The molecule has 5 nitrogen and oxygen atoms in total. The van der Waals surface area contributed by atoms with Crippen LogP contribution < -0.4 is 20.7 Å². The van der Waals surface area contributed by atoms with Gasteiger partial charge in [0.1, 0.15) is 5.75 Å². The van der Waals surface area contributed by atoms with Gasteiger partial charge in [-0.15, -0.1) is 0 Å². The van der Waals surface area contributed by atoms with Gasteiger partial charge < -0.3 is 20.7 Å². The molecule has 3 N–H and O–H groups in total. The number of carbonyl (C=O) groups is 1. The molecule has 1 unspecified atom stereocenters. The predicted molar refractivity (Wildman–Crippen MR) is 81.0 cm³/mol. The number of nitrogens with two attached hydrogens (primary N) is 1. The van der Waals surface area contributed by atoms with E-state index in [1.165, 1.54) is 0 Å². The number of hydrogen-bond acceptors (Lipinski definition) is 4. The van der Waals surface area contributed by atoms with Crippen LogP contribution in [0.4, 0.5) is 11.4 Å². The van der Waals surface area contributed by atoms with Gasteiger partial charge in [-0.05, 0) is 26.3 Å². The molecular weight excluding hydrogens is 254 g/mol. The Bertz CT molecular complexity index is 504. The zero-order valence-corrected chi connectivity index (χ0v) is 12.4. The molecule has 0 bridgehead atoms. The van der Waals surface area contributed by atoms with E-state index in [4.69, 9.17) is 10.5 Å². The zero-order chi connectivity index (χ0) is 14.8. The molecule has 1 aliphatic heterocycles. The van der Waals surface area contributed by atoms with E-state index in [-0.39, 0.29) is 11.3 Å². The molecule has 1 saturated heterocycles. The molecule has 1 aliphatic rings. The first kappa shape index (κ1) is 14.5. The van der Waals surface area contributed by atoms with Crippen LogP contribution >= 0.6 is 0 Å². The molecule has 0 aliphatic carbocycles. The van der Waals surface area contributed by atoms with E-state index in [0.29, 0.717) is 18.8 Å². The zero-order valence-electron chi connectivity index (χ0n) is 12.4. The van der Waals surface area contributed by atoms with Crippen molar-refractivity contribution in [2.75, 3.05) is 37.4 Å². The van der Waals surface area contributed by atoms with Crippen molar-refractivity contribution in [3.05, 3.63) is 18.2 Å². The Kier molecular flexibility index (Phi) is 4.06. The van der Waals surface area contributed by atoms with Crippen LogP contribution in [-0.2, 0) is 4.79 Å². The highest BCUT2D eigenvalue weighted by Gasteiger charge is 2.39. The molecule has 1 aromatic carbocycles. The summed E-state index contributed by atoms with van der Waals surface area (Å²) in [6.45, 7) is 6.10. The Morgan fingerprint density at radius 2 is 2.25 bits per heavy atom. The van der Waals surface area contributed by atoms with Crippen LogP contribution in [0.15, 0.2) is 18.2 Å². The fourth-order valence-corrected chi connectivity index (χ4v) is 2.71. The van der Waals surface area contributed by atoms with E-state index < -0.39 is 0 Å². The van der Waals surface area contributed by atoms with E-state index in [1.54, 1.807) is 7.05 Å². The van der Waals surface area contributed by atoms with E-state index in [9.17, 15) is 4.79 Å². The van der Waals surface area contributed by atoms with Crippen molar-refractivity contribution in [1.29, 1.82) is 0 Å². The molecular formula is C15H23N3O2. The maximum Gasteiger partial charge on any atom is 0.227 e. The molecule has 1 aromatic rings. The summed E-state index contributed by atoms with van der Waals surface area (Å²) < 4.78 is 5.52. The molecule has 0 saturated carbocycles. The molecule has 1 fully saturated rings. The second kappa shape index (κ2) is 5.61. The number of carbonyl (C=O) groups excluding carboxylic acids is 1. The number of nitrogens with one attached hydrogen (secondary N) is 1. The van der Waals surface area contributed by atoms with Gasteiger partial charge in [-0.3, -0.25) is 4.79 Å². The smallest absolute Gasteiger partial charge is 0.227 e. The lowest BCUT2D eigenvalue weighted by atomic mass is 9.89. The molecule has 0 radical (unpaired) electrons. The van der Waals surface area contributed by atoms with Crippen LogP contribution in [0.3, 0.4) is 0 Å². The molecule has 0 aromatic heterocycles. The Labute approximate surface area is 120 Å². The fraction of sp³-hybridized carbons (Fsp3) is 0.533. The van der Waals surface area contributed by atoms with E-state index in [2.05, 4.69) is 10.2 Å². The first-order valence-corrected chi connectivity index (χ1v) is 6.99. The lowest BCUT2D eigenvalue weighted by molar-refractivity contribution is -0.128. The summed E-state index contributed by atoms with van der Waals surface area (Å²) in [6, 6.07) is 5.73. The average Bonchev–Trinajstić information content (AvgIpc) is 2.81. The van der Waals surface area contributed by atoms with Crippen LogP contribution in [-0.4, -0.2) is 32.7 Å². The summed E-state index contributed by atoms with van der Waals surface area (Å²) in [6.07, 6.45) is 0.839. The molecule has 1 atom stereocenters. The number of nitrogens with zero attached hydrogens (tertiary/aromatic N) is 1. The third-order valence-corrected chi connectivity index (χ3v) is 3.84. The first-order chi connectivity index (χ1) is 9.48. The Balaban J connectivity index is 2.19. The molecule has 1 heterocycles. The van der Waals surface area contributed by atoms with Gasteiger partial charge in [0, 0.05) is 43.6 Å². The van der Waals surface area contributed by atoms with Gasteiger partial charge in [0.25, 0.3) is 0 Å². The van der Waals surface area contributed by atoms with Gasteiger partial charge in [-0.1, -0.05) is 0 Å². The predicted octanol–water partition coefficient (Wildman–Crippen LogP) is 1.63. The number of nitrogen functional groups attached to an aromatic ring is 1. The average molecular weight is 277 g/mol. The Morgan fingerprint density at radius 1 is 1.50 bits per heavy atom. The van der Waals surface area contributed by atoms with Crippen molar-refractivity contribution < 1.29 is 9.53 Å². The highest BCUT2D eigenvalue weighted by molar-refractivity contribution is 5.83. The first-order valence-electron chi connectivity index (χ1n) is 6.99. The highest BCUT2D eigenvalue weighted by atomic mass is 16.5. The third-order valence-electron chi connectivity index (χ3n) is 3.84. The molecule has 1 amide bonds. The third kappa shape index (κ3) is 2.81. The second-order valence-electron chi connectivity index (χ2n) is 5.50. The fourth-order valence-electron chi connectivity index (χ4n) is 2.71. The van der Waals surface area contributed by atoms with Crippen molar-refractivity contribution in [2.45, 2.75) is 20.3 Å². The molecule has 20 heavy (non-hydrogen) atoms. The second-order valence-corrected chi connectivity index (χ2v) is 5.50. The number of ether oxygens (including phenoxy) is 1. The maximum atomic E-state index is 12.0. The van der Waals surface area contributed by atoms with Gasteiger partial charge in [-0.25, -0.2) is 0 Å². The maximum absolute atomic E-state index is 12.0. The summed E-state index contributed by atoms with van der Waals surface area (Å²) in [5.74, 6) is 0.866. The van der Waals surface area contributed by atoms with Gasteiger partial charge in [0.15, 0.2) is 0 Å². The summed E-state index contributed by atoms with van der Waals surface area (Å²) in [5.41, 5.74) is 7.28. The normalized spacial score (nSPS) is 21.9. The minimum Gasteiger partial charge on any atom is -0.494 e. The largest absolute Gasteiger partial charge is 0.494 e. The minimum absolute atomic E-state index is 0.0916. The molecule has 0 spiro atoms. The van der Waals surface area contributed by atoms with Crippen molar-refractivity contribution in [3.8, 4) is 5.75 Å². The summed E-state index contributed by atoms with van der Waals surface area (Å²) in [4.78, 5) is 14.2. The lowest BCUT2D eigenvalue weighted by Gasteiger charge is -2.24. The summed E-state index contributed by atoms with van der Waals surface area (Å²) in [7, 11) is 1.68. The standard InChI is InChI=1S/C15H23N3O2/c1-4-20-13-8-11(16)7-12(9-13)18-6-5-15(2,10-18)14(19)17-3/h7-9H,4-6,10,16H2,1-3H3,(H,17,19). The van der Waals surface area contributed by atoms with Crippen LogP contribution in [0.2, 0.25) is 0 Å². The Morgan fingerprint density at radius 3 is 2.90 bits per heavy atom. The van der Waals surface area contributed by atoms with E-state index in [0.717, 1.165) is 24.4 Å². The van der Waals surface area contributed by atoms with Crippen LogP contribution in [0.1, 0.15) is 20.3 Å². The number of hydrogen-bond donors (Lipinski definition) is 2. The number of benzene rings is 1. The van der Waals surface area contributed by atoms with Crippen molar-refractivity contribution in [1.82, 2.24) is 5.32 Å².